The molecule has 3 rings (SSSR count). The van der Waals surface area contributed by atoms with E-state index in [0.29, 0.717) is 0 Å². The quantitative estimate of drug-likeness (QED) is 0.782. The largest absolute Gasteiger partial charge is 0.346 e. The highest BCUT2D eigenvalue weighted by atomic mass is 32.1. The molecule has 0 N–H and O–H groups in total. The highest BCUT2D eigenvalue weighted by molar-refractivity contribution is 7.09. The van der Waals surface area contributed by atoms with Crippen molar-refractivity contribution >= 4 is 23.1 Å². The molecular formula is C15H19N3OS. The molecule has 20 heavy (non-hydrogen) atoms. The maximum atomic E-state index is 12.2. The minimum atomic E-state index is -0.0986. The Labute approximate surface area is 122 Å². The Morgan fingerprint density at radius 2 is 2.10 bits per heavy atom. The minimum Gasteiger partial charge on any atom is -0.323 e. The van der Waals surface area contributed by atoms with Crippen molar-refractivity contribution in [1.82, 2.24) is 9.47 Å². The second-order valence-corrected chi connectivity index (χ2v) is 6.40. The molecule has 0 bridgehead atoms. The lowest BCUT2D eigenvalue weighted by molar-refractivity contribution is 0.218. The molecule has 0 aromatic carbocycles. The lowest BCUT2D eigenvalue weighted by Gasteiger charge is -2.11. The summed E-state index contributed by atoms with van der Waals surface area (Å²) in [7, 11) is 0. The van der Waals surface area contributed by atoms with E-state index in [1.807, 2.05) is 16.4 Å². The van der Waals surface area contributed by atoms with Crippen LogP contribution >= 0.6 is 11.3 Å². The fourth-order valence-electron chi connectivity index (χ4n) is 2.56. The zero-order valence-corrected chi connectivity index (χ0v) is 12.5. The van der Waals surface area contributed by atoms with Crippen LogP contribution in [0.5, 0.6) is 0 Å². The minimum absolute atomic E-state index is 0.0986. The number of carbonyl (C=O) groups excluding carboxylic acids is 1. The van der Waals surface area contributed by atoms with Gasteiger partial charge in [-0.05, 0) is 38.7 Å². The van der Waals surface area contributed by atoms with Crippen LogP contribution in [0.1, 0.15) is 30.6 Å². The molecular weight excluding hydrogens is 270 g/mol. The fraction of sp³-hybridized carbons (Fsp3) is 0.467. The molecule has 1 saturated heterocycles. The third kappa shape index (κ3) is 2.77. The lowest BCUT2D eigenvalue weighted by atomic mass is 10.1. The molecule has 0 saturated carbocycles. The lowest BCUT2D eigenvalue weighted by Crippen LogP contribution is -2.27. The second kappa shape index (κ2) is 5.79. The number of thiazole rings is 1. The van der Waals surface area contributed by atoms with E-state index in [9.17, 15) is 4.79 Å². The first-order chi connectivity index (χ1) is 9.74. The van der Waals surface area contributed by atoms with Crippen LogP contribution in [0.3, 0.4) is 0 Å². The number of rotatable bonds is 1. The maximum Gasteiger partial charge on any atom is 0.346 e. The van der Waals surface area contributed by atoms with Crippen molar-refractivity contribution < 1.29 is 4.79 Å². The maximum absolute atomic E-state index is 12.2. The van der Waals surface area contributed by atoms with Crippen molar-refractivity contribution in [3.63, 3.8) is 0 Å². The third-order valence-corrected chi connectivity index (χ3v) is 4.49. The van der Waals surface area contributed by atoms with Crippen molar-refractivity contribution in [3.05, 3.63) is 34.1 Å². The molecule has 0 radical (unpaired) electrons. The molecule has 1 aromatic heterocycles. The molecule has 5 heteroatoms. The first-order valence-corrected chi connectivity index (χ1v) is 7.95. The molecule has 1 fully saturated rings. The Morgan fingerprint density at radius 3 is 2.80 bits per heavy atom. The van der Waals surface area contributed by atoms with E-state index in [1.54, 1.807) is 11.3 Å². The molecule has 1 aromatic rings. The van der Waals surface area contributed by atoms with Gasteiger partial charge in [-0.15, -0.1) is 11.3 Å². The van der Waals surface area contributed by atoms with Gasteiger partial charge in [0.25, 0.3) is 0 Å². The smallest absolute Gasteiger partial charge is 0.323 e. The second-order valence-electron chi connectivity index (χ2n) is 5.19. The van der Waals surface area contributed by atoms with Crippen LogP contribution in [0.25, 0.3) is 5.70 Å². The van der Waals surface area contributed by atoms with E-state index < -0.39 is 0 Å². The third-order valence-electron chi connectivity index (χ3n) is 3.59. The number of urea groups is 1. The summed E-state index contributed by atoms with van der Waals surface area (Å²) >= 11 is 1.57. The molecule has 4 nitrogen and oxygen atoms in total. The van der Waals surface area contributed by atoms with Gasteiger partial charge in [-0.1, -0.05) is 12.2 Å². The summed E-state index contributed by atoms with van der Waals surface area (Å²) in [6, 6.07) is -0.0986. The van der Waals surface area contributed by atoms with Crippen LogP contribution in [-0.2, 0) is 0 Å². The summed E-state index contributed by atoms with van der Waals surface area (Å²) in [5, 5.41) is 0. The number of carbonyl (C=O) groups is 1. The summed E-state index contributed by atoms with van der Waals surface area (Å²) in [5.41, 5.74) is 1.12. The van der Waals surface area contributed by atoms with Crippen molar-refractivity contribution in [2.24, 2.45) is 4.99 Å². The van der Waals surface area contributed by atoms with Crippen molar-refractivity contribution in [1.29, 1.82) is 0 Å². The summed E-state index contributed by atoms with van der Waals surface area (Å²) in [5.74, 6) is 0. The molecule has 2 aliphatic rings. The van der Waals surface area contributed by atoms with E-state index in [1.165, 1.54) is 0 Å². The Bertz CT molecular complexity index is 630. The van der Waals surface area contributed by atoms with Gasteiger partial charge in [0.1, 0.15) is 0 Å². The Hall–Kier alpha value is -1.62. The van der Waals surface area contributed by atoms with E-state index in [2.05, 4.69) is 29.4 Å². The standard InChI is InChI=1S/C15H19N3OS/c1-12-11-18(13-7-3-2-4-8-13)15(20-12)16-14(19)17-9-5-6-10-17/h3,7-8,11H,2,4-6,9-10H2,1H3. The number of amides is 2. The van der Waals surface area contributed by atoms with Gasteiger partial charge in [-0.2, -0.15) is 4.99 Å². The summed E-state index contributed by atoms with van der Waals surface area (Å²) < 4.78 is 2.03. The fourth-order valence-corrected chi connectivity index (χ4v) is 3.38. The van der Waals surface area contributed by atoms with Crippen LogP contribution in [0.15, 0.2) is 29.4 Å². The summed E-state index contributed by atoms with van der Waals surface area (Å²) in [6.45, 7) is 3.73. The zero-order valence-electron chi connectivity index (χ0n) is 11.7. The van der Waals surface area contributed by atoms with Crippen LogP contribution in [0.2, 0.25) is 0 Å². The van der Waals surface area contributed by atoms with Gasteiger partial charge in [0.2, 0.25) is 0 Å². The topological polar surface area (TPSA) is 37.6 Å². The molecule has 2 heterocycles. The molecule has 0 atom stereocenters. The van der Waals surface area contributed by atoms with E-state index in [-0.39, 0.29) is 6.03 Å². The van der Waals surface area contributed by atoms with Gasteiger partial charge in [-0.3, -0.25) is 4.57 Å². The zero-order chi connectivity index (χ0) is 13.9. The number of hydrogen-bond acceptors (Lipinski definition) is 2. The van der Waals surface area contributed by atoms with E-state index in [4.69, 9.17) is 0 Å². The Balaban J connectivity index is 1.94. The van der Waals surface area contributed by atoms with Crippen LogP contribution in [0, 0.1) is 6.92 Å². The number of aromatic nitrogens is 1. The molecule has 1 aliphatic carbocycles. The SMILES string of the molecule is Cc1cn(C2=CCCC=C2)c(=NC(=O)N2CCCC2)s1. The van der Waals surface area contributed by atoms with Gasteiger partial charge >= 0.3 is 6.03 Å². The predicted molar refractivity (Wildman–Crippen MR) is 81.5 cm³/mol. The van der Waals surface area contributed by atoms with Crippen LogP contribution in [-0.4, -0.2) is 28.6 Å². The number of nitrogens with zero attached hydrogens (tertiary/aromatic N) is 3. The van der Waals surface area contributed by atoms with Gasteiger partial charge in [0, 0.05) is 29.9 Å². The normalized spacial score (nSPS) is 19.6. The van der Waals surface area contributed by atoms with Crippen molar-refractivity contribution in [2.75, 3.05) is 13.1 Å². The van der Waals surface area contributed by atoms with E-state index in [0.717, 1.165) is 54.1 Å². The number of hydrogen-bond donors (Lipinski definition) is 0. The Kier molecular flexibility index (Phi) is 3.87. The number of allylic oxidation sites excluding steroid dienone is 4. The average Bonchev–Trinajstić information content (AvgIpc) is 3.09. The first kappa shape index (κ1) is 13.4. The summed E-state index contributed by atoms with van der Waals surface area (Å²) in [6.07, 6.45) is 12.9. The van der Waals surface area contributed by atoms with Gasteiger partial charge in [-0.25, -0.2) is 4.79 Å². The highest BCUT2D eigenvalue weighted by Crippen LogP contribution is 2.16. The number of likely N-dealkylation sites (tertiary alicyclic amines) is 1. The average molecular weight is 289 g/mol. The van der Waals surface area contributed by atoms with Crippen molar-refractivity contribution in [3.8, 4) is 0 Å². The molecule has 0 unspecified atom stereocenters. The molecule has 1 aliphatic heterocycles. The van der Waals surface area contributed by atoms with Gasteiger partial charge in [0.15, 0.2) is 4.80 Å². The van der Waals surface area contributed by atoms with Crippen molar-refractivity contribution in [2.45, 2.75) is 32.6 Å². The van der Waals surface area contributed by atoms with E-state index >= 15 is 0 Å². The molecule has 2 amide bonds. The highest BCUT2D eigenvalue weighted by Gasteiger charge is 2.17. The van der Waals surface area contributed by atoms with Gasteiger partial charge < -0.3 is 4.90 Å². The summed E-state index contributed by atoms with van der Waals surface area (Å²) in [4.78, 5) is 20.3. The Morgan fingerprint density at radius 1 is 1.30 bits per heavy atom. The monoisotopic (exact) mass is 289 g/mol. The van der Waals surface area contributed by atoms with Gasteiger partial charge in [0.05, 0.1) is 0 Å². The van der Waals surface area contributed by atoms with Crippen LogP contribution in [0.4, 0.5) is 4.79 Å². The van der Waals surface area contributed by atoms with Crippen LogP contribution < -0.4 is 4.80 Å². The molecule has 106 valence electrons. The predicted octanol–water partition coefficient (Wildman–Crippen LogP) is 3.17. The first-order valence-electron chi connectivity index (χ1n) is 7.14. The number of aryl methyl sites for hydroxylation is 1. The molecule has 0 spiro atoms.